The molecule has 7 N–H and O–H groups in total. The summed E-state index contributed by atoms with van der Waals surface area (Å²) < 4.78 is 105. The van der Waals surface area contributed by atoms with Gasteiger partial charge in [-0.15, -0.1) is 26.3 Å². The summed E-state index contributed by atoms with van der Waals surface area (Å²) >= 11 is 0. The van der Waals surface area contributed by atoms with Crippen molar-refractivity contribution in [1.29, 1.82) is 5.41 Å². The maximum absolute atomic E-state index is 15.5. The topological polar surface area (TPSA) is 163 Å². The van der Waals surface area contributed by atoms with E-state index in [1.165, 1.54) is 30.5 Å². The number of aliphatic hydroxyl groups is 1. The largest absolute Gasteiger partial charge is 0.573 e. The molecule has 1 aliphatic heterocycles. The molecule has 52 heavy (non-hydrogen) atoms. The molecule has 18 heteroatoms. The summed E-state index contributed by atoms with van der Waals surface area (Å²) in [6.45, 7) is 1.84. The molecule has 0 bridgehead atoms. The molecule has 5 rings (SSSR count). The average Bonchev–Trinajstić information content (AvgIpc) is 3.46. The molecule has 1 fully saturated rings. The highest BCUT2D eigenvalue weighted by atomic mass is 19.4. The van der Waals surface area contributed by atoms with Crippen molar-refractivity contribution in [2.24, 2.45) is 5.73 Å². The zero-order valence-corrected chi connectivity index (χ0v) is 27.9. The van der Waals surface area contributed by atoms with Gasteiger partial charge in [-0.3, -0.25) is 9.98 Å². The number of alkyl halides is 6. The van der Waals surface area contributed by atoms with Gasteiger partial charge >= 0.3 is 18.4 Å². The standard InChI is InChI=1S/C34H38F7N7O4/c1-18(42)44-11-10-22-6-3-7-26(45-22)24-9-8-23(15-28(24)51-33(36,37)38)48-16-20-14-27(46-31(20)47-32(48)50)25-12-19(4-2-5-21(43)17-49)13-29(30(25)35)52-34(39,40)41/h8-9,12-16,21-22,26,45,49H,2-7,10-11,17,43H2,1H3,(H2,42,44)(H,46,47,50)/t21-,22+,26+/m1/s1. The number of benzene rings is 2. The summed E-state index contributed by atoms with van der Waals surface area (Å²) in [5.41, 5.74) is 4.90. The number of aromatic amines is 1. The minimum atomic E-state index is -5.20. The second-order valence-electron chi connectivity index (χ2n) is 12.7. The van der Waals surface area contributed by atoms with Crippen LogP contribution in [0.25, 0.3) is 28.0 Å². The molecule has 3 atom stereocenters. The molecule has 3 heterocycles. The van der Waals surface area contributed by atoms with Crippen LogP contribution in [-0.2, 0) is 6.42 Å². The Kier molecular flexibility index (Phi) is 11.8. The maximum Gasteiger partial charge on any atom is 0.573 e. The van der Waals surface area contributed by atoms with Gasteiger partial charge in [0.15, 0.2) is 11.6 Å². The van der Waals surface area contributed by atoms with Crippen LogP contribution in [-0.4, -0.2) is 63.4 Å². The Morgan fingerprint density at radius 3 is 2.54 bits per heavy atom. The van der Waals surface area contributed by atoms with E-state index in [-0.39, 0.29) is 58.2 Å². The SMILES string of the molecule is CC(=N)NCC[C@@H]1CCC[C@@H](c2ccc(-n3cc4cc(-c5cc(CCC[C@@H](N)CO)cc(OC(F)(F)F)c5F)[nH]c4nc3=O)cc2OC(F)(F)F)N1. The van der Waals surface area contributed by atoms with Crippen LogP contribution in [0.4, 0.5) is 30.7 Å². The van der Waals surface area contributed by atoms with Crippen molar-refractivity contribution in [1.82, 2.24) is 25.2 Å². The molecule has 0 amide bonds. The number of nitrogens with zero attached hydrogens (tertiary/aromatic N) is 2. The van der Waals surface area contributed by atoms with Gasteiger partial charge in [-0.25, -0.2) is 9.18 Å². The van der Waals surface area contributed by atoms with Gasteiger partial charge < -0.3 is 35.9 Å². The van der Waals surface area contributed by atoms with Crippen molar-refractivity contribution in [3.63, 3.8) is 0 Å². The van der Waals surface area contributed by atoms with Gasteiger partial charge in [0.1, 0.15) is 11.4 Å². The first-order valence-corrected chi connectivity index (χ1v) is 16.5. The minimum absolute atomic E-state index is 0.0155. The van der Waals surface area contributed by atoms with Gasteiger partial charge in [-0.05, 0) is 75.3 Å². The van der Waals surface area contributed by atoms with E-state index in [0.29, 0.717) is 38.1 Å². The molecular weight excluding hydrogens is 703 g/mol. The van der Waals surface area contributed by atoms with E-state index in [0.717, 1.165) is 29.5 Å². The van der Waals surface area contributed by atoms with Gasteiger partial charge in [0.2, 0.25) is 0 Å². The number of aryl methyl sites for hydroxylation is 1. The van der Waals surface area contributed by atoms with Crippen molar-refractivity contribution in [3.8, 4) is 28.4 Å². The number of nitrogens with one attached hydrogen (secondary N) is 4. The van der Waals surface area contributed by atoms with E-state index < -0.39 is 47.8 Å². The summed E-state index contributed by atoms with van der Waals surface area (Å²) in [4.78, 5) is 19.9. The molecule has 0 unspecified atom stereocenters. The highest BCUT2D eigenvalue weighted by Gasteiger charge is 2.35. The van der Waals surface area contributed by atoms with Gasteiger partial charge in [-0.1, -0.05) is 12.5 Å². The lowest BCUT2D eigenvalue weighted by Crippen LogP contribution is -2.39. The Hall–Kier alpha value is -4.68. The van der Waals surface area contributed by atoms with Crippen LogP contribution in [0.2, 0.25) is 0 Å². The average molecular weight is 742 g/mol. The van der Waals surface area contributed by atoms with Crippen LogP contribution < -0.4 is 31.5 Å². The number of nitrogens with two attached hydrogens (primary N) is 1. The fourth-order valence-corrected chi connectivity index (χ4v) is 6.28. The highest BCUT2D eigenvalue weighted by molar-refractivity contribution is 5.83. The molecule has 4 aromatic rings. The van der Waals surface area contributed by atoms with Crippen molar-refractivity contribution in [3.05, 3.63) is 70.0 Å². The Morgan fingerprint density at radius 1 is 1.12 bits per heavy atom. The van der Waals surface area contributed by atoms with E-state index in [2.05, 4.69) is 30.1 Å². The molecule has 282 valence electrons. The molecule has 1 aliphatic rings. The summed E-state index contributed by atoms with van der Waals surface area (Å²) in [6, 6.07) is 6.47. The summed E-state index contributed by atoms with van der Waals surface area (Å²) in [6.07, 6.45) is -5.39. The number of fused-ring (bicyclic) bond motifs is 1. The number of hydrogen-bond acceptors (Lipinski definition) is 8. The fourth-order valence-electron chi connectivity index (χ4n) is 6.28. The summed E-state index contributed by atoms with van der Waals surface area (Å²) in [5.74, 6) is -2.62. The highest BCUT2D eigenvalue weighted by Crippen LogP contribution is 2.38. The minimum Gasteiger partial charge on any atom is -0.405 e. The zero-order valence-electron chi connectivity index (χ0n) is 27.9. The first kappa shape index (κ1) is 38.5. The first-order chi connectivity index (χ1) is 24.5. The second kappa shape index (κ2) is 15.9. The van der Waals surface area contributed by atoms with Crippen molar-refractivity contribution >= 4 is 16.9 Å². The van der Waals surface area contributed by atoms with Crippen LogP contribution >= 0.6 is 0 Å². The molecule has 2 aromatic heterocycles. The predicted octanol–water partition coefficient (Wildman–Crippen LogP) is 6.12. The third-order valence-corrected chi connectivity index (χ3v) is 8.64. The monoisotopic (exact) mass is 741 g/mol. The smallest absolute Gasteiger partial charge is 0.405 e. The number of piperidine rings is 1. The molecule has 0 spiro atoms. The van der Waals surface area contributed by atoms with E-state index in [4.69, 9.17) is 16.2 Å². The first-order valence-electron chi connectivity index (χ1n) is 16.5. The second-order valence-corrected chi connectivity index (χ2v) is 12.7. The predicted molar refractivity (Wildman–Crippen MR) is 178 cm³/mol. The zero-order chi connectivity index (χ0) is 37.8. The van der Waals surface area contributed by atoms with Crippen LogP contribution in [0, 0.1) is 11.2 Å². The van der Waals surface area contributed by atoms with E-state index in [1.54, 1.807) is 6.92 Å². The number of aliphatic hydroxyl groups excluding tert-OH is 1. The third kappa shape index (κ3) is 10.0. The Bertz CT molecular complexity index is 1940. The third-order valence-electron chi connectivity index (χ3n) is 8.64. The number of aromatic nitrogens is 3. The molecule has 1 saturated heterocycles. The molecule has 11 nitrogen and oxygen atoms in total. The number of amidine groups is 1. The van der Waals surface area contributed by atoms with Crippen molar-refractivity contribution < 1.29 is 45.3 Å². The maximum atomic E-state index is 15.5. The Labute approximate surface area is 292 Å². The number of rotatable bonds is 13. The molecule has 0 aliphatic carbocycles. The summed E-state index contributed by atoms with van der Waals surface area (Å²) in [7, 11) is 0. The Balaban J connectivity index is 1.49. The quantitative estimate of drug-likeness (QED) is 0.0543. The van der Waals surface area contributed by atoms with Gasteiger partial charge in [0.05, 0.1) is 23.8 Å². The number of ether oxygens (including phenoxy) is 2. The van der Waals surface area contributed by atoms with Crippen LogP contribution in [0.1, 0.15) is 62.6 Å². The molecule has 0 saturated carbocycles. The van der Waals surface area contributed by atoms with Crippen LogP contribution in [0.15, 0.2) is 47.4 Å². The molecule has 2 aromatic carbocycles. The fraction of sp³-hybridized carbons (Fsp3) is 0.441. The lowest BCUT2D eigenvalue weighted by molar-refractivity contribution is -0.276. The Morgan fingerprint density at radius 2 is 1.85 bits per heavy atom. The number of hydrogen-bond donors (Lipinski definition) is 6. The normalized spacial score (nSPS) is 17.3. The van der Waals surface area contributed by atoms with E-state index >= 15 is 4.39 Å². The van der Waals surface area contributed by atoms with Crippen molar-refractivity contribution in [2.75, 3.05) is 13.2 Å². The molecular formula is C34H38F7N7O4. The summed E-state index contributed by atoms with van der Waals surface area (Å²) in [5, 5.41) is 23.2. The van der Waals surface area contributed by atoms with Crippen molar-refractivity contribution in [2.45, 2.75) is 82.7 Å². The lowest BCUT2D eigenvalue weighted by atomic mass is 9.91. The van der Waals surface area contributed by atoms with Gasteiger partial charge in [0, 0.05) is 53.4 Å². The van der Waals surface area contributed by atoms with Gasteiger partial charge in [-0.2, -0.15) is 4.98 Å². The van der Waals surface area contributed by atoms with Crippen LogP contribution in [0.3, 0.4) is 0 Å². The van der Waals surface area contributed by atoms with E-state index in [1.807, 2.05) is 0 Å². The van der Waals surface area contributed by atoms with Gasteiger partial charge in [0.25, 0.3) is 0 Å². The van der Waals surface area contributed by atoms with E-state index in [9.17, 15) is 31.1 Å². The molecule has 0 radical (unpaired) electrons. The van der Waals surface area contributed by atoms with Crippen LogP contribution in [0.5, 0.6) is 11.5 Å². The lowest BCUT2D eigenvalue weighted by Gasteiger charge is -2.32. The number of halogens is 7. The number of H-pyrrole nitrogens is 1.